The van der Waals surface area contributed by atoms with Gasteiger partial charge in [0.1, 0.15) is 6.61 Å². The third kappa shape index (κ3) is 4.66. The van der Waals surface area contributed by atoms with E-state index in [1.807, 2.05) is 69.3 Å². The van der Waals surface area contributed by atoms with Gasteiger partial charge in [-0.1, -0.05) is 49.4 Å². The molecule has 0 N–H and O–H groups in total. The largest absolute Gasteiger partial charge is 0.475 e. The van der Waals surface area contributed by atoms with Gasteiger partial charge in [0.15, 0.2) is 0 Å². The molecule has 8 nitrogen and oxygen atoms in total. The Bertz CT molecular complexity index is 1100. The van der Waals surface area contributed by atoms with Gasteiger partial charge in [0.25, 0.3) is 0 Å². The SMILES string of the molecule is CCC(=NN=C(C)c1ccccc1)OCc1c(C)cccc1-n1nnn(C)c1=O. The highest BCUT2D eigenvalue weighted by atomic mass is 16.5. The first-order valence-electron chi connectivity index (χ1n) is 9.38. The van der Waals surface area contributed by atoms with E-state index in [2.05, 4.69) is 20.6 Å². The molecule has 0 spiro atoms. The van der Waals surface area contributed by atoms with E-state index in [4.69, 9.17) is 4.74 Å². The standard InChI is InChI=1S/C21H24N6O2/c1-5-20(23-22-16(3)17-11-7-6-8-12-17)29-14-18-15(2)10-9-13-19(18)27-21(28)26(4)24-25-27/h6-13H,5,14H2,1-4H3. The van der Waals surface area contributed by atoms with Crippen LogP contribution in [0.2, 0.25) is 0 Å². The minimum absolute atomic E-state index is 0.248. The predicted molar refractivity (Wildman–Crippen MR) is 113 cm³/mol. The average Bonchev–Trinajstić information content (AvgIpc) is 3.07. The van der Waals surface area contributed by atoms with Gasteiger partial charge in [0.2, 0.25) is 5.90 Å². The molecular weight excluding hydrogens is 368 g/mol. The molecule has 0 radical (unpaired) electrons. The molecule has 8 heteroatoms. The third-order valence-electron chi connectivity index (χ3n) is 4.52. The Morgan fingerprint density at radius 1 is 1.07 bits per heavy atom. The molecule has 0 amide bonds. The van der Waals surface area contributed by atoms with Crippen LogP contribution in [0.5, 0.6) is 0 Å². The topological polar surface area (TPSA) is 86.7 Å². The van der Waals surface area contributed by atoms with Crippen LogP contribution in [0.3, 0.4) is 0 Å². The van der Waals surface area contributed by atoms with Crippen molar-refractivity contribution >= 4 is 11.6 Å². The number of tetrazole rings is 1. The molecule has 3 aromatic rings. The molecule has 0 fully saturated rings. The number of rotatable bonds is 6. The van der Waals surface area contributed by atoms with Crippen molar-refractivity contribution in [1.82, 2.24) is 19.8 Å². The highest BCUT2D eigenvalue weighted by Gasteiger charge is 2.14. The van der Waals surface area contributed by atoms with Gasteiger partial charge in [0, 0.05) is 19.0 Å². The molecule has 0 saturated heterocycles. The molecule has 0 saturated carbocycles. The van der Waals surface area contributed by atoms with Crippen molar-refractivity contribution < 1.29 is 4.74 Å². The summed E-state index contributed by atoms with van der Waals surface area (Å²) in [7, 11) is 1.56. The highest BCUT2D eigenvalue weighted by molar-refractivity contribution is 5.98. The first-order valence-corrected chi connectivity index (χ1v) is 9.38. The molecule has 0 aliphatic carbocycles. The minimum atomic E-state index is -0.315. The van der Waals surface area contributed by atoms with Gasteiger partial charge in [-0.25, -0.2) is 4.79 Å². The zero-order chi connectivity index (χ0) is 20.8. The fourth-order valence-electron chi connectivity index (χ4n) is 2.76. The lowest BCUT2D eigenvalue weighted by Crippen LogP contribution is -2.23. The number of nitrogens with zero attached hydrogens (tertiary/aromatic N) is 6. The molecule has 0 atom stereocenters. The van der Waals surface area contributed by atoms with Crippen molar-refractivity contribution in [2.75, 3.05) is 0 Å². The summed E-state index contributed by atoms with van der Waals surface area (Å²) in [5, 5.41) is 16.3. The maximum absolute atomic E-state index is 12.3. The van der Waals surface area contributed by atoms with Crippen molar-refractivity contribution in [2.24, 2.45) is 17.3 Å². The van der Waals surface area contributed by atoms with Crippen LogP contribution in [0.1, 0.15) is 37.0 Å². The van der Waals surface area contributed by atoms with Crippen LogP contribution in [-0.2, 0) is 18.4 Å². The lowest BCUT2D eigenvalue weighted by Gasteiger charge is -2.13. The Kier molecular flexibility index (Phi) is 6.33. The number of aromatic nitrogens is 4. The van der Waals surface area contributed by atoms with Crippen LogP contribution in [0, 0.1) is 6.92 Å². The van der Waals surface area contributed by atoms with Gasteiger partial charge >= 0.3 is 5.69 Å². The number of ether oxygens (including phenoxy) is 1. The van der Waals surface area contributed by atoms with Gasteiger partial charge in [-0.3, -0.25) is 0 Å². The quantitative estimate of drug-likeness (QED) is 0.367. The van der Waals surface area contributed by atoms with Crippen LogP contribution < -0.4 is 5.69 Å². The number of aryl methyl sites for hydroxylation is 2. The fourth-order valence-corrected chi connectivity index (χ4v) is 2.76. The molecule has 0 bridgehead atoms. The monoisotopic (exact) mass is 392 g/mol. The van der Waals surface area contributed by atoms with Crippen molar-refractivity contribution in [3.8, 4) is 5.69 Å². The molecule has 29 heavy (non-hydrogen) atoms. The molecule has 1 heterocycles. The van der Waals surface area contributed by atoms with E-state index in [0.717, 1.165) is 22.4 Å². The van der Waals surface area contributed by atoms with Crippen LogP contribution in [0.25, 0.3) is 5.69 Å². The fraction of sp³-hybridized carbons (Fsp3) is 0.286. The van der Waals surface area contributed by atoms with Gasteiger partial charge in [0.05, 0.1) is 11.4 Å². The van der Waals surface area contributed by atoms with Crippen molar-refractivity contribution in [1.29, 1.82) is 0 Å². The zero-order valence-corrected chi connectivity index (χ0v) is 17.0. The summed E-state index contributed by atoms with van der Waals surface area (Å²) in [5.41, 5.74) is 3.98. The Morgan fingerprint density at radius 3 is 2.48 bits per heavy atom. The van der Waals surface area contributed by atoms with E-state index >= 15 is 0 Å². The number of benzene rings is 2. The van der Waals surface area contributed by atoms with Crippen molar-refractivity contribution in [3.63, 3.8) is 0 Å². The average molecular weight is 392 g/mol. The summed E-state index contributed by atoms with van der Waals surface area (Å²) in [6.07, 6.45) is 0.595. The molecular formula is C21H24N6O2. The van der Waals surface area contributed by atoms with E-state index in [-0.39, 0.29) is 12.3 Å². The summed E-state index contributed by atoms with van der Waals surface area (Å²) >= 11 is 0. The maximum atomic E-state index is 12.3. The van der Waals surface area contributed by atoms with Crippen molar-refractivity contribution in [3.05, 3.63) is 75.7 Å². The Labute approximate surface area is 169 Å². The molecule has 0 aliphatic rings. The molecule has 3 rings (SSSR count). The van der Waals surface area contributed by atoms with Gasteiger partial charge < -0.3 is 4.74 Å². The number of hydrogen-bond donors (Lipinski definition) is 0. The highest BCUT2D eigenvalue weighted by Crippen LogP contribution is 2.18. The third-order valence-corrected chi connectivity index (χ3v) is 4.52. The van der Waals surface area contributed by atoms with Gasteiger partial charge in [-0.2, -0.15) is 14.5 Å². The summed E-state index contributed by atoms with van der Waals surface area (Å²) in [6, 6.07) is 15.5. The Balaban J connectivity index is 1.83. The Morgan fingerprint density at radius 2 is 1.83 bits per heavy atom. The van der Waals surface area contributed by atoms with Crippen molar-refractivity contribution in [2.45, 2.75) is 33.8 Å². The molecule has 0 aliphatic heterocycles. The minimum Gasteiger partial charge on any atom is -0.475 e. The maximum Gasteiger partial charge on any atom is 0.368 e. The van der Waals surface area contributed by atoms with E-state index in [1.165, 1.54) is 9.36 Å². The summed E-state index contributed by atoms with van der Waals surface area (Å²) in [4.78, 5) is 12.3. The van der Waals surface area contributed by atoms with E-state index < -0.39 is 0 Å². The second kappa shape index (κ2) is 9.09. The smallest absolute Gasteiger partial charge is 0.368 e. The van der Waals surface area contributed by atoms with E-state index in [9.17, 15) is 4.79 Å². The normalized spacial score (nSPS) is 12.3. The van der Waals surface area contributed by atoms with Crippen LogP contribution in [-0.4, -0.2) is 31.4 Å². The predicted octanol–water partition coefficient (Wildman–Crippen LogP) is 3.02. The van der Waals surface area contributed by atoms with Crippen LogP contribution in [0.15, 0.2) is 63.5 Å². The van der Waals surface area contributed by atoms with Crippen LogP contribution in [0.4, 0.5) is 0 Å². The lowest BCUT2D eigenvalue weighted by molar-refractivity contribution is 0.282. The van der Waals surface area contributed by atoms with Crippen LogP contribution >= 0.6 is 0 Å². The van der Waals surface area contributed by atoms with Gasteiger partial charge in [-0.05, 0) is 41.5 Å². The zero-order valence-electron chi connectivity index (χ0n) is 17.0. The summed E-state index contributed by atoms with van der Waals surface area (Å²) in [5.74, 6) is 0.515. The lowest BCUT2D eigenvalue weighted by atomic mass is 10.1. The second-order valence-corrected chi connectivity index (χ2v) is 6.56. The molecule has 150 valence electrons. The summed E-state index contributed by atoms with van der Waals surface area (Å²) in [6.45, 7) is 6.08. The van der Waals surface area contributed by atoms with Gasteiger partial charge in [-0.15, -0.1) is 5.10 Å². The van der Waals surface area contributed by atoms with E-state index in [1.54, 1.807) is 7.05 Å². The second-order valence-electron chi connectivity index (χ2n) is 6.56. The molecule has 2 aromatic carbocycles. The first kappa shape index (κ1) is 20.2. The molecule has 0 unspecified atom stereocenters. The van der Waals surface area contributed by atoms with E-state index in [0.29, 0.717) is 18.0 Å². The summed E-state index contributed by atoms with van der Waals surface area (Å²) < 4.78 is 8.38. The number of hydrogen-bond acceptors (Lipinski definition) is 6. The molecule has 1 aromatic heterocycles. The first-order chi connectivity index (χ1) is 14.0. The Hall–Kier alpha value is -3.55.